The summed E-state index contributed by atoms with van der Waals surface area (Å²) in [6, 6.07) is 0. The predicted octanol–water partition coefficient (Wildman–Crippen LogP) is 3.39. The van der Waals surface area contributed by atoms with Crippen molar-refractivity contribution in [2.75, 3.05) is 6.61 Å². The maximum atomic E-state index is 11.6. The minimum atomic E-state index is -0.141. The first-order chi connectivity index (χ1) is 8.15. The minimum absolute atomic E-state index is 0.141. The number of esters is 1. The van der Waals surface area contributed by atoms with E-state index in [1.807, 2.05) is 6.92 Å². The van der Waals surface area contributed by atoms with E-state index < -0.39 is 0 Å². The molecule has 17 heavy (non-hydrogen) atoms. The van der Waals surface area contributed by atoms with Gasteiger partial charge in [-0.25, -0.2) is 0 Å². The Balaban J connectivity index is 1.72. The first-order valence-electron chi connectivity index (χ1n) is 5.99. The fraction of sp³-hybridized carbons (Fsp3) is 0.667. The monoisotopic (exact) mass is 271 g/mol. The second-order valence-electron chi connectivity index (χ2n) is 4.55. The third-order valence-corrected chi connectivity index (χ3v) is 4.58. The highest BCUT2D eigenvalue weighted by molar-refractivity contribution is 7.73. The van der Waals surface area contributed by atoms with Crippen molar-refractivity contribution in [1.82, 2.24) is 4.98 Å². The van der Waals surface area contributed by atoms with E-state index in [-0.39, 0.29) is 5.97 Å². The molecule has 1 aromatic heterocycles. The smallest absolute Gasteiger partial charge is 0.311 e. The number of nitrogens with one attached hydrogen (secondary N) is 1. The van der Waals surface area contributed by atoms with Crippen LogP contribution in [0.4, 0.5) is 0 Å². The molecule has 0 saturated heterocycles. The van der Waals surface area contributed by atoms with Gasteiger partial charge < -0.3 is 9.72 Å². The lowest BCUT2D eigenvalue weighted by Gasteiger charge is -2.24. The summed E-state index contributed by atoms with van der Waals surface area (Å²) in [5.41, 5.74) is 0.982. The van der Waals surface area contributed by atoms with Crippen molar-refractivity contribution >= 4 is 29.5 Å². The largest absolute Gasteiger partial charge is 0.465 e. The third kappa shape index (κ3) is 3.64. The van der Waals surface area contributed by atoms with Gasteiger partial charge in [0, 0.05) is 10.6 Å². The molecule has 0 amide bonds. The Morgan fingerprint density at radius 3 is 2.88 bits per heavy atom. The maximum absolute atomic E-state index is 11.6. The Bertz CT molecular complexity index is 446. The van der Waals surface area contributed by atoms with E-state index in [0.29, 0.717) is 13.0 Å². The standard InChI is InChI=1S/C12H17NO2S2/c1-8-10(17-12(16)13-8)7-11(14)15-6-5-9-3-2-4-9/h9H,2-7H2,1H3,(H,13,16). The van der Waals surface area contributed by atoms with Crippen LogP contribution in [0, 0.1) is 16.8 Å². The van der Waals surface area contributed by atoms with Crippen molar-refractivity contribution < 1.29 is 9.53 Å². The van der Waals surface area contributed by atoms with E-state index in [1.54, 1.807) is 0 Å². The number of aromatic nitrogens is 1. The van der Waals surface area contributed by atoms with Crippen molar-refractivity contribution in [2.45, 2.75) is 39.0 Å². The molecule has 1 saturated carbocycles. The van der Waals surface area contributed by atoms with E-state index in [2.05, 4.69) is 4.98 Å². The van der Waals surface area contributed by atoms with Gasteiger partial charge in [0.05, 0.1) is 13.0 Å². The maximum Gasteiger partial charge on any atom is 0.311 e. The summed E-state index contributed by atoms with van der Waals surface area (Å²) < 4.78 is 5.96. The first-order valence-corrected chi connectivity index (χ1v) is 7.22. The number of carbonyl (C=O) groups excluding carboxylic acids is 1. The molecule has 0 unspecified atom stereocenters. The van der Waals surface area contributed by atoms with Gasteiger partial charge in [-0.15, -0.1) is 11.3 Å². The number of aromatic amines is 1. The molecular formula is C12H17NO2S2. The Hall–Kier alpha value is -0.680. The molecule has 1 N–H and O–H groups in total. The van der Waals surface area contributed by atoms with E-state index in [4.69, 9.17) is 17.0 Å². The predicted molar refractivity (Wildman–Crippen MR) is 70.9 cm³/mol. The normalized spacial score (nSPS) is 15.6. The lowest BCUT2D eigenvalue weighted by atomic mass is 9.83. The van der Waals surface area contributed by atoms with Crippen LogP contribution in [-0.4, -0.2) is 17.6 Å². The molecule has 0 radical (unpaired) electrons. The lowest BCUT2D eigenvalue weighted by molar-refractivity contribution is -0.143. The molecule has 94 valence electrons. The molecule has 0 spiro atoms. The Labute approximate surface area is 110 Å². The Morgan fingerprint density at radius 2 is 2.35 bits per heavy atom. The number of aryl methyl sites for hydroxylation is 1. The summed E-state index contributed by atoms with van der Waals surface area (Å²) in [5.74, 6) is 0.650. The van der Waals surface area contributed by atoms with Crippen LogP contribution in [0.15, 0.2) is 0 Å². The Morgan fingerprint density at radius 1 is 1.59 bits per heavy atom. The number of hydrogen-bond donors (Lipinski definition) is 1. The van der Waals surface area contributed by atoms with Gasteiger partial charge in [0.25, 0.3) is 0 Å². The number of thiazole rings is 1. The summed E-state index contributed by atoms with van der Waals surface area (Å²) >= 11 is 6.49. The molecule has 1 fully saturated rings. The molecule has 2 rings (SSSR count). The SMILES string of the molecule is Cc1[nH]c(=S)sc1CC(=O)OCCC1CCC1. The minimum Gasteiger partial charge on any atom is -0.465 e. The molecule has 1 aromatic rings. The molecule has 1 aliphatic rings. The summed E-state index contributed by atoms with van der Waals surface area (Å²) in [7, 11) is 0. The van der Waals surface area contributed by atoms with Gasteiger partial charge in [0.1, 0.15) is 0 Å². The van der Waals surface area contributed by atoms with Gasteiger partial charge >= 0.3 is 5.97 Å². The van der Waals surface area contributed by atoms with Crippen molar-refractivity contribution in [3.05, 3.63) is 14.5 Å². The quantitative estimate of drug-likeness (QED) is 0.659. The van der Waals surface area contributed by atoms with Gasteiger partial charge in [-0.05, 0) is 31.5 Å². The zero-order valence-corrected chi connectivity index (χ0v) is 11.6. The summed E-state index contributed by atoms with van der Waals surface area (Å²) in [6.07, 6.45) is 5.30. The number of rotatable bonds is 5. The topological polar surface area (TPSA) is 42.1 Å². The average molecular weight is 271 g/mol. The number of ether oxygens (including phenoxy) is 1. The molecule has 1 heterocycles. The second kappa shape index (κ2) is 5.78. The summed E-state index contributed by atoms with van der Waals surface area (Å²) in [5, 5.41) is 0. The summed E-state index contributed by atoms with van der Waals surface area (Å²) in [6.45, 7) is 2.50. The van der Waals surface area contributed by atoms with E-state index in [1.165, 1.54) is 30.6 Å². The van der Waals surface area contributed by atoms with Crippen LogP contribution in [0.25, 0.3) is 0 Å². The van der Waals surface area contributed by atoms with Crippen LogP contribution in [0.3, 0.4) is 0 Å². The van der Waals surface area contributed by atoms with Gasteiger partial charge in [0.2, 0.25) is 0 Å². The zero-order valence-electron chi connectivity index (χ0n) is 9.95. The van der Waals surface area contributed by atoms with Gasteiger partial charge in [-0.1, -0.05) is 19.3 Å². The highest BCUT2D eigenvalue weighted by Gasteiger charge is 2.17. The van der Waals surface area contributed by atoms with Crippen LogP contribution < -0.4 is 0 Å². The molecule has 0 aliphatic heterocycles. The molecule has 0 bridgehead atoms. The van der Waals surface area contributed by atoms with Crippen molar-refractivity contribution in [2.24, 2.45) is 5.92 Å². The van der Waals surface area contributed by atoms with Crippen LogP contribution >= 0.6 is 23.6 Å². The second-order valence-corrected chi connectivity index (χ2v) is 6.32. The first kappa shape index (κ1) is 12.8. The lowest BCUT2D eigenvalue weighted by Crippen LogP contribution is -2.16. The Kier molecular flexibility index (Phi) is 4.34. The van der Waals surface area contributed by atoms with Crippen LogP contribution in [-0.2, 0) is 16.0 Å². The number of H-pyrrole nitrogens is 1. The van der Waals surface area contributed by atoms with Crippen LogP contribution in [0.2, 0.25) is 0 Å². The fourth-order valence-electron chi connectivity index (χ4n) is 1.91. The van der Waals surface area contributed by atoms with Gasteiger partial charge in [-0.3, -0.25) is 4.79 Å². The molecule has 1 aliphatic carbocycles. The highest BCUT2D eigenvalue weighted by atomic mass is 32.1. The molecule has 0 atom stereocenters. The third-order valence-electron chi connectivity index (χ3n) is 3.24. The van der Waals surface area contributed by atoms with Crippen molar-refractivity contribution in [3.63, 3.8) is 0 Å². The van der Waals surface area contributed by atoms with Crippen molar-refractivity contribution in [3.8, 4) is 0 Å². The molecule has 5 heteroatoms. The molecule has 3 nitrogen and oxygen atoms in total. The highest BCUT2D eigenvalue weighted by Crippen LogP contribution is 2.29. The molecular weight excluding hydrogens is 254 g/mol. The average Bonchev–Trinajstić information content (AvgIpc) is 2.49. The number of carbonyl (C=O) groups is 1. The fourth-order valence-corrected chi connectivity index (χ4v) is 3.19. The molecule has 0 aromatic carbocycles. The van der Waals surface area contributed by atoms with E-state index >= 15 is 0 Å². The van der Waals surface area contributed by atoms with Crippen LogP contribution in [0.1, 0.15) is 36.3 Å². The van der Waals surface area contributed by atoms with E-state index in [0.717, 1.165) is 26.9 Å². The summed E-state index contributed by atoms with van der Waals surface area (Å²) in [4.78, 5) is 15.6. The van der Waals surface area contributed by atoms with Gasteiger partial charge in [0.15, 0.2) is 3.95 Å². The van der Waals surface area contributed by atoms with Crippen LogP contribution in [0.5, 0.6) is 0 Å². The van der Waals surface area contributed by atoms with E-state index in [9.17, 15) is 4.79 Å². The number of hydrogen-bond acceptors (Lipinski definition) is 4. The van der Waals surface area contributed by atoms with Crippen molar-refractivity contribution in [1.29, 1.82) is 0 Å². The zero-order chi connectivity index (χ0) is 12.3. The van der Waals surface area contributed by atoms with Gasteiger partial charge in [-0.2, -0.15) is 0 Å².